The van der Waals surface area contributed by atoms with Crippen LogP contribution >= 0.6 is 11.8 Å². The van der Waals surface area contributed by atoms with Gasteiger partial charge in [0.2, 0.25) is 5.91 Å². The minimum absolute atomic E-state index is 0.0407. The lowest BCUT2D eigenvalue weighted by Crippen LogP contribution is -2.19. The maximum Gasteiger partial charge on any atom is 0.271 e. The Kier molecular flexibility index (Phi) is 3.35. The number of nitrogens with zero attached hydrogens (tertiary/aromatic N) is 2. The van der Waals surface area contributed by atoms with Crippen LogP contribution in [-0.2, 0) is 4.79 Å². The quantitative estimate of drug-likeness (QED) is 0.576. The minimum Gasteiger partial charge on any atom is -0.364 e. The predicted molar refractivity (Wildman–Crippen MR) is 91.5 cm³/mol. The van der Waals surface area contributed by atoms with Crippen molar-refractivity contribution >= 4 is 51.7 Å². The molecular weight excluding hydrogens is 328 g/mol. The van der Waals surface area contributed by atoms with E-state index in [0.717, 1.165) is 10.6 Å². The standard InChI is InChI=1S/C15H12N6O2S/c16-14(23)13-12(8-3-4-17-15(8)21-20-13)18-7-1-2-10-9(5-7)19-11(22)6-24-10/h1-5H,6H2,(H2,16,23)(H,19,22)(H2,17,18,21). The summed E-state index contributed by atoms with van der Waals surface area (Å²) in [6, 6.07) is 7.37. The molecule has 0 bridgehead atoms. The van der Waals surface area contributed by atoms with Crippen molar-refractivity contribution in [3.63, 3.8) is 0 Å². The smallest absolute Gasteiger partial charge is 0.271 e. The largest absolute Gasteiger partial charge is 0.364 e. The van der Waals surface area contributed by atoms with Gasteiger partial charge in [0.25, 0.3) is 5.91 Å². The highest BCUT2D eigenvalue weighted by Gasteiger charge is 2.18. The Hall–Kier alpha value is -3.07. The van der Waals surface area contributed by atoms with Crippen LogP contribution in [0.1, 0.15) is 10.5 Å². The number of aromatic amines is 1. The van der Waals surface area contributed by atoms with Crippen molar-refractivity contribution in [1.29, 1.82) is 0 Å². The number of benzene rings is 1. The number of hydrogen-bond acceptors (Lipinski definition) is 6. The van der Waals surface area contributed by atoms with E-state index in [1.807, 2.05) is 18.2 Å². The number of carbonyl (C=O) groups is 2. The topological polar surface area (TPSA) is 126 Å². The summed E-state index contributed by atoms with van der Waals surface area (Å²) in [5, 5.41) is 14.5. The molecule has 1 aliphatic heterocycles. The lowest BCUT2D eigenvalue weighted by molar-refractivity contribution is -0.113. The number of rotatable bonds is 3. The average molecular weight is 340 g/mol. The number of nitrogens with one attached hydrogen (secondary N) is 3. The maximum atomic E-state index is 11.7. The molecule has 0 saturated carbocycles. The fourth-order valence-electron chi connectivity index (χ4n) is 2.53. The number of carbonyl (C=O) groups excluding carboxylic acids is 2. The molecule has 1 aromatic carbocycles. The molecule has 0 saturated heterocycles. The number of nitrogens with two attached hydrogens (primary N) is 1. The fraction of sp³-hybridized carbons (Fsp3) is 0.0667. The summed E-state index contributed by atoms with van der Waals surface area (Å²) in [6.07, 6.45) is 1.71. The minimum atomic E-state index is -0.671. The number of primary amides is 1. The van der Waals surface area contributed by atoms with Crippen LogP contribution in [0.2, 0.25) is 0 Å². The number of hydrogen-bond donors (Lipinski definition) is 4. The average Bonchev–Trinajstić information content (AvgIpc) is 3.03. The van der Waals surface area contributed by atoms with E-state index in [1.165, 1.54) is 11.8 Å². The molecule has 5 N–H and O–H groups in total. The first-order valence-electron chi connectivity index (χ1n) is 7.09. The highest BCUT2D eigenvalue weighted by Crippen LogP contribution is 2.35. The number of anilines is 3. The van der Waals surface area contributed by atoms with E-state index in [-0.39, 0.29) is 11.6 Å². The van der Waals surface area contributed by atoms with Gasteiger partial charge in [0.1, 0.15) is 0 Å². The van der Waals surface area contributed by atoms with Gasteiger partial charge < -0.3 is 21.4 Å². The number of H-pyrrole nitrogens is 1. The van der Waals surface area contributed by atoms with Crippen LogP contribution in [0.5, 0.6) is 0 Å². The van der Waals surface area contributed by atoms with Gasteiger partial charge >= 0.3 is 0 Å². The molecule has 0 aliphatic carbocycles. The number of aromatic nitrogens is 3. The van der Waals surface area contributed by atoms with E-state index in [4.69, 9.17) is 5.73 Å². The van der Waals surface area contributed by atoms with Crippen LogP contribution < -0.4 is 16.4 Å². The molecule has 8 nitrogen and oxygen atoms in total. The molecular formula is C15H12N6O2S. The molecule has 2 amide bonds. The third-order valence-electron chi connectivity index (χ3n) is 3.60. The first kappa shape index (κ1) is 14.5. The molecule has 4 rings (SSSR count). The molecule has 3 heterocycles. The predicted octanol–water partition coefficient (Wildman–Crippen LogP) is 1.84. The maximum absolute atomic E-state index is 11.7. The second-order valence-corrected chi connectivity index (χ2v) is 6.22. The van der Waals surface area contributed by atoms with Crippen molar-refractivity contribution in [3.05, 3.63) is 36.2 Å². The summed E-state index contributed by atoms with van der Waals surface area (Å²) < 4.78 is 0. The van der Waals surface area contributed by atoms with Crippen molar-refractivity contribution in [3.8, 4) is 0 Å². The van der Waals surface area contributed by atoms with Crippen LogP contribution in [0.25, 0.3) is 11.0 Å². The van der Waals surface area contributed by atoms with Gasteiger partial charge in [-0.15, -0.1) is 22.0 Å². The first-order chi connectivity index (χ1) is 11.6. The van der Waals surface area contributed by atoms with Gasteiger partial charge in [0.05, 0.1) is 17.1 Å². The van der Waals surface area contributed by atoms with Gasteiger partial charge in [0, 0.05) is 22.2 Å². The molecule has 0 atom stereocenters. The summed E-state index contributed by atoms with van der Waals surface area (Å²) in [5.41, 5.74) is 7.91. The Morgan fingerprint density at radius 1 is 1.29 bits per heavy atom. The molecule has 3 aromatic rings. The van der Waals surface area contributed by atoms with E-state index in [2.05, 4.69) is 25.8 Å². The summed E-state index contributed by atoms with van der Waals surface area (Å²) in [7, 11) is 0. The van der Waals surface area contributed by atoms with Gasteiger partial charge in [-0.25, -0.2) is 0 Å². The molecule has 0 unspecified atom stereocenters. The SMILES string of the molecule is NC(=O)c1nnc2[nH]ccc2c1Nc1ccc2c(c1)NC(=O)CS2. The normalized spacial score (nSPS) is 13.4. The Morgan fingerprint density at radius 3 is 3.00 bits per heavy atom. The van der Waals surface area contributed by atoms with E-state index in [1.54, 1.807) is 12.3 Å². The van der Waals surface area contributed by atoms with Gasteiger partial charge in [-0.2, -0.15) is 0 Å². The molecule has 1 aliphatic rings. The monoisotopic (exact) mass is 340 g/mol. The molecule has 24 heavy (non-hydrogen) atoms. The highest BCUT2D eigenvalue weighted by molar-refractivity contribution is 8.00. The molecule has 0 fully saturated rings. The number of amides is 2. The fourth-order valence-corrected chi connectivity index (χ4v) is 3.32. The Labute approximate surface area is 140 Å². The number of thioether (sulfide) groups is 1. The third-order valence-corrected chi connectivity index (χ3v) is 4.67. The van der Waals surface area contributed by atoms with Crippen LogP contribution in [0.15, 0.2) is 35.4 Å². The second kappa shape index (κ2) is 5.53. The van der Waals surface area contributed by atoms with Crippen LogP contribution in [0.4, 0.5) is 17.1 Å². The molecule has 2 aromatic heterocycles. The first-order valence-corrected chi connectivity index (χ1v) is 8.07. The number of fused-ring (bicyclic) bond motifs is 2. The van der Waals surface area contributed by atoms with Crippen molar-refractivity contribution in [1.82, 2.24) is 15.2 Å². The van der Waals surface area contributed by atoms with Crippen LogP contribution in [0.3, 0.4) is 0 Å². The highest BCUT2D eigenvalue weighted by atomic mass is 32.2. The van der Waals surface area contributed by atoms with Crippen molar-refractivity contribution in [2.75, 3.05) is 16.4 Å². The Bertz CT molecular complexity index is 983. The van der Waals surface area contributed by atoms with E-state index < -0.39 is 5.91 Å². The Balaban J connectivity index is 1.78. The Morgan fingerprint density at radius 2 is 2.17 bits per heavy atom. The van der Waals surface area contributed by atoms with Crippen molar-refractivity contribution < 1.29 is 9.59 Å². The zero-order chi connectivity index (χ0) is 16.7. The van der Waals surface area contributed by atoms with Crippen molar-refractivity contribution in [2.24, 2.45) is 5.73 Å². The van der Waals surface area contributed by atoms with Gasteiger partial charge in [-0.3, -0.25) is 9.59 Å². The van der Waals surface area contributed by atoms with Gasteiger partial charge in [-0.1, -0.05) is 0 Å². The van der Waals surface area contributed by atoms with Gasteiger partial charge in [-0.05, 0) is 24.3 Å². The molecule has 9 heteroatoms. The summed E-state index contributed by atoms with van der Waals surface area (Å²) in [6.45, 7) is 0. The van der Waals surface area contributed by atoms with Crippen molar-refractivity contribution in [2.45, 2.75) is 4.90 Å². The zero-order valence-corrected chi connectivity index (χ0v) is 13.1. The van der Waals surface area contributed by atoms with Crippen LogP contribution in [0, 0.1) is 0 Å². The van der Waals surface area contributed by atoms with E-state index in [0.29, 0.717) is 28.2 Å². The van der Waals surface area contributed by atoms with E-state index >= 15 is 0 Å². The van der Waals surface area contributed by atoms with E-state index in [9.17, 15) is 9.59 Å². The molecule has 0 radical (unpaired) electrons. The van der Waals surface area contributed by atoms with Gasteiger partial charge in [0.15, 0.2) is 11.3 Å². The zero-order valence-electron chi connectivity index (χ0n) is 12.3. The summed E-state index contributed by atoms with van der Waals surface area (Å²) >= 11 is 1.48. The lowest BCUT2D eigenvalue weighted by atomic mass is 10.2. The second-order valence-electron chi connectivity index (χ2n) is 5.20. The third kappa shape index (κ3) is 2.44. The molecule has 0 spiro atoms. The van der Waals surface area contributed by atoms with Crippen LogP contribution in [-0.4, -0.2) is 32.7 Å². The summed E-state index contributed by atoms with van der Waals surface area (Å²) in [4.78, 5) is 27.1. The lowest BCUT2D eigenvalue weighted by Gasteiger charge is -2.18. The molecule has 120 valence electrons. The summed E-state index contributed by atoms with van der Waals surface area (Å²) in [5.74, 6) is -0.305.